The minimum Gasteiger partial charge on any atom is -0.339 e. The molecular formula is C19H11ClF3N3OS. The average Bonchev–Trinajstić information content (AvgIpc) is 3.32. The van der Waals surface area contributed by atoms with Crippen LogP contribution in [0.2, 0.25) is 5.02 Å². The van der Waals surface area contributed by atoms with Gasteiger partial charge in [-0.2, -0.15) is 18.2 Å². The van der Waals surface area contributed by atoms with Gasteiger partial charge in [0.05, 0.1) is 17.7 Å². The molecule has 0 N–H and O–H groups in total. The molecule has 2 aromatic carbocycles. The Balaban J connectivity index is 1.52. The lowest BCUT2D eigenvalue weighted by molar-refractivity contribution is -0.137. The molecule has 0 amide bonds. The molecule has 0 fully saturated rings. The first-order valence-electron chi connectivity index (χ1n) is 8.09. The standard InChI is InChI=1S/C19H11ClF3N3OS/c20-14-6-4-11(5-7-14)15-10-28-17(24-15)9-16-25-18(26-27-16)12-2-1-3-13(8-12)19(21,22)23/h1-8,10H,9H2. The van der Waals surface area contributed by atoms with Crippen molar-refractivity contribution < 1.29 is 17.7 Å². The number of thiazole rings is 1. The van der Waals surface area contributed by atoms with Crippen LogP contribution in [0.1, 0.15) is 16.5 Å². The number of hydrogen-bond acceptors (Lipinski definition) is 5. The Morgan fingerprint density at radius 1 is 1.00 bits per heavy atom. The van der Waals surface area contributed by atoms with E-state index in [0.717, 1.165) is 28.4 Å². The summed E-state index contributed by atoms with van der Waals surface area (Å²) in [6, 6.07) is 12.1. The van der Waals surface area contributed by atoms with Crippen LogP contribution in [0, 0.1) is 0 Å². The van der Waals surface area contributed by atoms with Gasteiger partial charge in [0.2, 0.25) is 11.7 Å². The summed E-state index contributed by atoms with van der Waals surface area (Å²) in [5, 5.41) is 7.09. The molecule has 9 heteroatoms. The number of nitrogens with zero attached hydrogens (tertiary/aromatic N) is 3. The van der Waals surface area contributed by atoms with Crippen molar-refractivity contribution in [3.8, 4) is 22.6 Å². The van der Waals surface area contributed by atoms with Crippen LogP contribution in [0.25, 0.3) is 22.6 Å². The van der Waals surface area contributed by atoms with Crippen LogP contribution in [-0.2, 0) is 12.6 Å². The second-order valence-electron chi connectivity index (χ2n) is 5.90. The lowest BCUT2D eigenvalue weighted by atomic mass is 10.1. The molecule has 28 heavy (non-hydrogen) atoms. The summed E-state index contributed by atoms with van der Waals surface area (Å²) in [5.41, 5.74) is 1.21. The van der Waals surface area contributed by atoms with Gasteiger partial charge in [0.1, 0.15) is 5.01 Å². The minimum absolute atomic E-state index is 0.107. The van der Waals surface area contributed by atoms with Crippen LogP contribution in [0.4, 0.5) is 13.2 Å². The maximum absolute atomic E-state index is 12.9. The number of alkyl halides is 3. The maximum Gasteiger partial charge on any atom is 0.416 e. The van der Waals surface area contributed by atoms with Crippen molar-refractivity contribution in [2.24, 2.45) is 0 Å². The first-order chi connectivity index (χ1) is 13.4. The summed E-state index contributed by atoms with van der Waals surface area (Å²) in [5.74, 6) is 0.389. The maximum atomic E-state index is 12.9. The second kappa shape index (κ2) is 7.37. The smallest absolute Gasteiger partial charge is 0.339 e. The third kappa shape index (κ3) is 4.07. The summed E-state index contributed by atoms with van der Waals surface area (Å²) in [7, 11) is 0. The van der Waals surface area contributed by atoms with Gasteiger partial charge in [-0.1, -0.05) is 41.0 Å². The Morgan fingerprint density at radius 3 is 2.54 bits per heavy atom. The van der Waals surface area contributed by atoms with E-state index in [-0.39, 0.29) is 17.3 Å². The lowest BCUT2D eigenvalue weighted by Gasteiger charge is -2.06. The number of benzene rings is 2. The third-order valence-electron chi connectivity index (χ3n) is 3.91. The van der Waals surface area contributed by atoms with Crippen LogP contribution >= 0.6 is 22.9 Å². The predicted molar refractivity (Wildman–Crippen MR) is 100 cm³/mol. The van der Waals surface area contributed by atoms with E-state index < -0.39 is 11.7 Å². The molecule has 142 valence electrons. The van der Waals surface area contributed by atoms with E-state index in [1.807, 2.05) is 17.5 Å². The number of rotatable bonds is 4. The molecule has 4 aromatic rings. The molecule has 0 aliphatic rings. The SMILES string of the molecule is FC(F)(F)c1cccc(-c2noc(Cc3nc(-c4ccc(Cl)cc4)cs3)n2)c1. The van der Waals surface area contributed by atoms with Crippen LogP contribution in [0.5, 0.6) is 0 Å². The fourth-order valence-corrected chi connectivity index (χ4v) is 3.47. The van der Waals surface area contributed by atoms with Crippen molar-refractivity contribution in [3.63, 3.8) is 0 Å². The van der Waals surface area contributed by atoms with Crippen LogP contribution in [-0.4, -0.2) is 15.1 Å². The van der Waals surface area contributed by atoms with Gasteiger partial charge in [0.15, 0.2) is 0 Å². The minimum atomic E-state index is -4.43. The molecule has 0 atom stereocenters. The fraction of sp³-hybridized carbons (Fsp3) is 0.105. The van der Waals surface area contributed by atoms with E-state index in [9.17, 15) is 13.2 Å². The molecule has 0 spiro atoms. The van der Waals surface area contributed by atoms with E-state index in [0.29, 0.717) is 11.4 Å². The van der Waals surface area contributed by atoms with E-state index in [1.54, 1.807) is 12.1 Å². The number of hydrogen-bond donors (Lipinski definition) is 0. The van der Waals surface area contributed by atoms with Crippen molar-refractivity contribution >= 4 is 22.9 Å². The Bertz CT molecular complexity index is 1110. The van der Waals surface area contributed by atoms with Crippen molar-refractivity contribution in [2.45, 2.75) is 12.6 Å². The monoisotopic (exact) mass is 421 g/mol. The molecule has 0 saturated carbocycles. The summed E-state index contributed by atoms with van der Waals surface area (Å²) in [6.45, 7) is 0. The molecule has 4 nitrogen and oxygen atoms in total. The zero-order valence-corrected chi connectivity index (χ0v) is 15.6. The van der Waals surface area contributed by atoms with E-state index >= 15 is 0 Å². The van der Waals surface area contributed by atoms with Crippen LogP contribution < -0.4 is 0 Å². The lowest BCUT2D eigenvalue weighted by Crippen LogP contribution is -2.04. The van der Waals surface area contributed by atoms with Gasteiger partial charge in [-0.25, -0.2) is 4.98 Å². The summed E-state index contributed by atoms with van der Waals surface area (Å²) < 4.78 is 43.8. The highest BCUT2D eigenvalue weighted by Crippen LogP contribution is 2.31. The summed E-state index contributed by atoms with van der Waals surface area (Å²) in [6.07, 6.45) is -4.13. The van der Waals surface area contributed by atoms with Gasteiger partial charge >= 0.3 is 6.18 Å². The highest BCUT2D eigenvalue weighted by Gasteiger charge is 2.30. The molecule has 0 unspecified atom stereocenters. The average molecular weight is 422 g/mol. The van der Waals surface area contributed by atoms with E-state index in [4.69, 9.17) is 16.1 Å². The van der Waals surface area contributed by atoms with Gasteiger partial charge in [-0.3, -0.25) is 0 Å². The second-order valence-corrected chi connectivity index (χ2v) is 7.28. The first-order valence-corrected chi connectivity index (χ1v) is 9.35. The molecule has 2 aromatic heterocycles. The van der Waals surface area contributed by atoms with Crippen molar-refractivity contribution in [1.29, 1.82) is 0 Å². The predicted octanol–water partition coefficient (Wildman–Crippen LogP) is 6.12. The van der Waals surface area contributed by atoms with E-state index in [2.05, 4.69) is 15.1 Å². The highest BCUT2D eigenvalue weighted by molar-refractivity contribution is 7.10. The van der Waals surface area contributed by atoms with Crippen molar-refractivity contribution in [3.05, 3.63) is 75.4 Å². The van der Waals surface area contributed by atoms with Crippen molar-refractivity contribution in [1.82, 2.24) is 15.1 Å². The van der Waals surface area contributed by atoms with Gasteiger partial charge in [-0.05, 0) is 24.3 Å². The quantitative estimate of drug-likeness (QED) is 0.398. The Labute approximate surface area is 166 Å². The Morgan fingerprint density at radius 2 is 1.79 bits per heavy atom. The molecule has 0 bridgehead atoms. The molecule has 0 radical (unpaired) electrons. The molecule has 0 aliphatic carbocycles. The molecular weight excluding hydrogens is 411 g/mol. The summed E-state index contributed by atoms with van der Waals surface area (Å²) >= 11 is 7.33. The first kappa shape index (κ1) is 18.6. The zero-order valence-electron chi connectivity index (χ0n) is 14.1. The van der Waals surface area contributed by atoms with E-state index in [1.165, 1.54) is 23.5 Å². The molecule has 0 saturated heterocycles. The number of aromatic nitrogens is 3. The summed E-state index contributed by atoms with van der Waals surface area (Å²) in [4.78, 5) is 8.73. The molecule has 4 rings (SSSR count). The molecule has 2 heterocycles. The Kier molecular flexibility index (Phi) is 4.91. The van der Waals surface area contributed by atoms with Crippen LogP contribution in [0.15, 0.2) is 58.4 Å². The normalized spacial score (nSPS) is 11.7. The van der Waals surface area contributed by atoms with Crippen LogP contribution in [0.3, 0.4) is 0 Å². The molecule has 0 aliphatic heterocycles. The zero-order chi connectivity index (χ0) is 19.7. The van der Waals surface area contributed by atoms with Gasteiger partial charge < -0.3 is 4.52 Å². The number of halogens is 4. The fourth-order valence-electron chi connectivity index (χ4n) is 2.55. The topological polar surface area (TPSA) is 51.8 Å². The van der Waals surface area contributed by atoms with Gasteiger partial charge in [0, 0.05) is 21.5 Å². The largest absolute Gasteiger partial charge is 0.416 e. The van der Waals surface area contributed by atoms with Gasteiger partial charge in [0.25, 0.3) is 0 Å². The highest BCUT2D eigenvalue weighted by atomic mass is 35.5. The van der Waals surface area contributed by atoms with Gasteiger partial charge in [-0.15, -0.1) is 11.3 Å². The van der Waals surface area contributed by atoms with Crippen molar-refractivity contribution in [2.75, 3.05) is 0 Å². The Hall–Kier alpha value is -2.71. The third-order valence-corrected chi connectivity index (χ3v) is 5.01.